The number of carboxylic acid groups (broad SMARTS) is 1. The Hall–Kier alpha value is -7.70. The minimum Gasteiger partial charge on any atom is -0.480 e. The minimum atomic E-state index is -1.72. The van der Waals surface area contributed by atoms with Crippen molar-refractivity contribution in [1.29, 1.82) is 0 Å². The molecule has 3 rings (SSSR count). The number of likely N-dealkylation sites (tertiary alicyclic amines) is 2. The Labute approximate surface area is 469 Å². The van der Waals surface area contributed by atoms with Gasteiger partial charge in [0.2, 0.25) is 53.2 Å². The second-order valence-corrected chi connectivity index (χ2v) is 20.7. The van der Waals surface area contributed by atoms with E-state index in [0.29, 0.717) is 24.8 Å². The maximum Gasteiger partial charge on any atom is 0.326 e. The third-order valence-electron chi connectivity index (χ3n) is 13.5. The van der Waals surface area contributed by atoms with Crippen molar-refractivity contribution in [3.8, 4) is 0 Å². The molecular weight excluding hydrogens is 1060 g/mol. The molecular formula is C51H84N16O14. The zero-order valence-electron chi connectivity index (χ0n) is 46.5. The van der Waals surface area contributed by atoms with Gasteiger partial charge in [-0.25, -0.2) is 4.79 Å². The predicted molar refractivity (Wildman–Crippen MR) is 294 cm³/mol. The number of hydrogen-bond acceptors (Lipinski definition) is 16. The van der Waals surface area contributed by atoms with Crippen LogP contribution < -0.4 is 65.9 Å². The number of aliphatic hydroxyl groups is 3. The van der Waals surface area contributed by atoms with Crippen molar-refractivity contribution in [2.24, 2.45) is 44.6 Å². The summed E-state index contributed by atoms with van der Waals surface area (Å²) in [6, 6.07) is -5.26. The molecule has 30 nitrogen and oxygen atoms in total. The summed E-state index contributed by atoms with van der Waals surface area (Å²) in [6.07, 6.45) is -1.58. The summed E-state index contributed by atoms with van der Waals surface area (Å²) < 4.78 is 0. The number of nitrogens with zero attached hydrogens (tertiary/aromatic N) is 4. The molecule has 2 aliphatic heterocycles. The summed E-state index contributed by atoms with van der Waals surface area (Å²) >= 11 is 0. The van der Waals surface area contributed by atoms with Crippen molar-refractivity contribution in [3.63, 3.8) is 0 Å². The molecule has 2 heterocycles. The highest BCUT2D eigenvalue weighted by Crippen LogP contribution is 2.26. The Morgan fingerprint density at radius 2 is 1.12 bits per heavy atom. The van der Waals surface area contributed by atoms with Gasteiger partial charge in [-0.15, -0.1) is 0 Å². The maximum absolute atomic E-state index is 14.5. The molecule has 0 radical (unpaired) electrons. The lowest BCUT2D eigenvalue weighted by molar-refractivity contribution is -0.149. The third-order valence-corrected chi connectivity index (χ3v) is 13.5. The van der Waals surface area contributed by atoms with Gasteiger partial charge in [-0.3, -0.25) is 53.1 Å². The molecule has 21 N–H and O–H groups in total. The monoisotopic (exact) mass is 1140 g/mol. The Bertz CT molecular complexity index is 2390. The summed E-state index contributed by atoms with van der Waals surface area (Å²) in [6.45, 7) is 6.54. The van der Waals surface area contributed by atoms with E-state index in [9.17, 15) is 68.4 Å². The van der Waals surface area contributed by atoms with Gasteiger partial charge in [-0.05, 0) is 90.0 Å². The first-order valence-electron chi connectivity index (χ1n) is 27.0. The molecule has 9 amide bonds. The van der Waals surface area contributed by atoms with Crippen LogP contribution in [0.15, 0.2) is 40.3 Å². The van der Waals surface area contributed by atoms with Gasteiger partial charge in [0.15, 0.2) is 11.9 Å². The highest BCUT2D eigenvalue weighted by molar-refractivity contribution is 5.99. The number of guanidine groups is 2. The second kappa shape index (κ2) is 33.1. The Kier molecular flexibility index (Phi) is 27.7. The summed E-state index contributed by atoms with van der Waals surface area (Å²) in [5.41, 5.74) is 28.4. The van der Waals surface area contributed by atoms with E-state index in [2.05, 4.69) is 47.2 Å². The van der Waals surface area contributed by atoms with Crippen molar-refractivity contribution >= 4 is 71.1 Å². The summed E-state index contributed by atoms with van der Waals surface area (Å²) in [4.78, 5) is 146. The number of aliphatic hydroxyl groups excluding tert-OH is 3. The summed E-state index contributed by atoms with van der Waals surface area (Å²) in [5, 5.41) is 58.5. The van der Waals surface area contributed by atoms with Crippen LogP contribution in [0.3, 0.4) is 0 Å². The lowest BCUT2D eigenvalue weighted by Gasteiger charge is -2.34. The summed E-state index contributed by atoms with van der Waals surface area (Å²) in [5.74, 6) is -9.49. The number of carboxylic acids is 1. The summed E-state index contributed by atoms with van der Waals surface area (Å²) in [7, 11) is 0. The molecule has 2 aliphatic rings. The van der Waals surface area contributed by atoms with Crippen LogP contribution in [0, 0.1) is 5.92 Å². The molecule has 0 saturated carbocycles. The highest BCUT2D eigenvalue weighted by atomic mass is 16.4. The fourth-order valence-electron chi connectivity index (χ4n) is 9.12. The molecule has 2 fully saturated rings. The zero-order chi connectivity index (χ0) is 60.7. The van der Waals surface area contributed by atoms with Gasteiger partial charge in [0, 0.05) is 32.6 Å². The van der Waals surface area contributed by atoms with E-state index in [1.807, 2.05) is 0 Å². The molecule has 81 heavy (non-hydrogen) atoms. The van der Waals surface area contributed by atoms with Crippen molar-refractivity contribution < 1.29 is 68.4 Å². The van der Waals surface area contributed by atoms with Crippen LogP contribution in [0.2, 0.25) is 0 Å². The van der Waals surface area contributed by atoms with E-state index in [0.717, 1.165) is 6.92 Å². The molecule has 30 heteroatoms. The Morgan fingerprint density at radius 3 is 1.68 bits per heavy atom. The number of aliphatic carboxylic acids is 1. The zero-order valence-corrected chi connectivity index (χ0v) is 46.5. The molecule has 0 unspecified atom stereocenters. The van der Waals surface area contributed by atoms with Crippen LogP contribution in [0.1, 0.15) is 98.0 Å². The molecule has 0 bridgehead atoms. The van der Waals surface area contributed by atoms with Gasteiger partial charge < -0.3 is 96.1 Å². The van der Waals surface area contributed by atoms with Crippen LogP contribution in [-0.2, 0) is 54.4 Å². The highest BCUT2D eigenvalue weighted by Gasteiger charge is 2.45. The standard InChI is InChI=1S/C51H84N16O14/c1-26(2)23-34(49(80)81)62-40(71)27(3)59-46(77)38(28(4)69)64-44(75)35(25-68)63-45(76)36-17-11-21-66(36)47(78)37-18-12-22-67(37)48(79)39(29(5)70)65-43(74)33(24-30-13-7-6-8-14-30)61-42(73)32(16-10-20-58-51(55)56)60-41(72)31(52)15-9-19-57-50(53)54/h6-8,13-14,26-29,31-39,68-70H,9-12,15-25,52H2,1-5H3,(H,59,77)(H,60,72)(H,61,73)(H,62,71)(H,63,76)(H,64,75)(H,65,74)(H,80,81)(H4,53,54,57)(H4,55,56,58)/t27-,28+,29+,31-,32-,33-,34-,35-,36-,37-,38-,39-/m0/s1. The number of carbonyl (C=O) groups excluding carboxylic acids is 9. The predicted octanol–water partition coefficient (Wildman–Crippen LogP) is -6.06. The maximum atomic E-state index is 14.5. The lowest BCUT2D eigenvalue weighted by Crippen LogP contribution is -2.62. The SMILES string of the molecule is CC(C)C[C@H](NC(=O)[C@H](C)NC(=O)[C@@H](NC(=O)[C@H](CO)NC(=O)[C@@H]1CCCN1C(=O)[C@@H]1CCCN1C(=O)[C@@H](NC(=O)[C@H](Cc1ccccc1)NC(=O)[C@H](CCCN=C(N)N)NC(=O)[C@@H](N)CCCN=C(N)N)[C@@H](C)O)[C@@H](C)O)C(=O)O. The van der Waals surface area contributed by atoms with E-state index >= 15 is 0 Å². The molecule has 12 atom stereocenters. The number of aliphatic imine (C=N–C) groups is 2. The number of rotatable bonds is 32. The van der Waals surface area contributed by atoms with Gasteiger partial charge in [0.1, 0.15) is 54.4 Å². The fraction of sp³-hybridized carbons (Fsp3) is 0.647. The van der Waals surface area contributed by atoms with E-state index in [1.54, 1.807) is 44.2 Å². The first kappa shape index (κ1) is 67.6. The molecule has 2 saturated heterocycles. The smallest absolute Gasteiger partial charge is 0.326 e. The van der Waals surface area contributed by atoms with Crippen molar-refractivity contribution in [1.82, 2.24) is 47.0 Å². The van der Waals surface area contributed by atoms with Crippen LogP contribution >= 0.6 is 0 Å². The Morgan fingerprint density at radius 1 is 0.605 bits per heavy atom. The van der Waals surface area contributed by atoms with Crippen LogP contribution in [0.25, 0.3) is 0 Å². The van der Waals surface area contributed by atoms with Crippen molar-refractivity contribution in [2.45, 2.75) is 171 Å². The van der Waals surface area contributed by atoms with Crippen LogP contribution in [-0.4, -0.2) is 207 Å². The van der Waals surface area contributed by atoms with Crippen molar-refractivity contribution in [2.75, 3.05) is 32.8 Å². The number of hydrogen-bond donors (Lipinski definition) is 16. The molecule has 0 aromatic heterocycles. The molecule has 452 valence electrons. The average Bonchev–Trinajstić information content (AvgIpc) is 4.17. The number of carbonyl (C=O) groups is 10. The minimum absolute atomic E-state index is 0.00188. The second-order valence-electron chi connectivity index (χ2n) is 20.7. The molecule has 1 aromatic rings. The normalized spacial score (nSPS) is 18.6. The van der Waals surface area contributed by atoms with Gasteiger partial charge in [-0.1, -0.05) is 44.2 Å². The first-order chi connectivity index (χ1) is 38.2. The van der Waals surface area contributed by atoms with Gasteiger partial charge in [0.25, 0.3) is 0 Å². The number of nitrogens with two attached hydrogens (primary N) is 5. The number of nitrogens with one attached hydrogen (secondary N) is 7. The van der Waals surface area contributed by atoms with Gasteiger partial charge >= 0.3 is 5.97 Å². The number of amides is 9. The average molecular weight is 1150 g/mol. The van der Waals surface area contributed by atoms with Gasteiger partial charge in [0.05, 0.1) is 24.9 Å². The van der Waals surface area contributed by atoms with Crippen LogP contribution in [0.5, 0.6) is 0 Å². The quantitative estimate of drug-likeness (QED) is 0.0181. The Balaban J connectivity index is 1.78. The first-order valence-corrected chi connectivity index (χ1v) is 27.0. The molecule has 1 aromatic carbocycles. The topological polar surface area (TPSA) is 497 Å². The number of benzene rings is 1. The molecule has 0 spiro atoms. The lowest BCUT2D eigenvalue weighted by atomic mass is 10.0. The van der Waals surface area contributed by atoms with Crippen molar-refractivity contribution in [3.05, 3.63) is 35.9 Å². The molecule has 0 aliphatic carbocycles. The fourth-order valence-corrected chi connectivity index (χ4v) is 9.12. The van der Waals surface area contributed by atoms with Gasteiger partial charge in [-0.2, -0.15) is 0 Å². The third kappa shape index (κ3) is 21.7. The largest absolute Gasteiger partial charge is 0.480 e. The van der Waals surface area contributed by atoms with E-state index in [1.165, 1.54) is 23.6 Å². The van der Waals surface area contributed by atoms with E-state index in [-0.39, 0.29) is 89.0 Å². The van der Waals surface area contributed by atoms with E-state index < -0.39 is 138 Å². The van der Waals surface area contributed by atoms with Crippen LogP contribution in [0.4, 0.5) is 0 Å². The van der Waals surface area contributed by atoms with E-state index in [4.69, 9.17) is 28.7 Å².